The van der Waals surface area contributed by atoms with Gasteiger partial charge in [0.25, 0.3) is 0 Å². The van der Waals surface area contributed by atoms with Gasteiger partial charge >= 0.3 is 0 Å². The van der Waals surface area contributed by atoms with Gasteiger partial charge in [0.15, 0.2) is 0 Å². The molecule has 1 N–H and O–H groups in total. The van der Waals surface area contributed by atoms with Crippen LogP contribution in [0.25, 0.3) is 0 Å². The number of aryl methyl sites for hydroxylation is 1. The molecule has 0 fully saturated rings. The molecule has 0 saturated carbocycles. The highest BCUT2D eigenvalue weighted by Crippen LogP contribution is 2.16. The molecule has 0 atom stereocenters. The van der Waals surface area contributed by atoms with Crippen molar-refractivity contribution in [3.05, 3.63) is 34.1 Å². The van der Waals surface area contributed by atoms with Gasteiger partial charge in [-0.3, -0.25) is 0 Å². The van der Waals surface area contributed by atoms with Crippen molar-refractivity contribution in [2.24, 2.45) is 0 Å². The summed E-state index contributed by atoms with van der Waals surface area (Å²) in [7, 11) is 0. The summed E-state index contributed by atoms with van der Waals surface area (Å²) in [6.07, 6.45) is 1.72. The fourth-order valence-electron chi connectivity index (χ4n) is 1.48. The number of nitrogens with one attached hydrogen (secondary N) is 1. The predicted molar refractivity (Wildman–Crippen MR) is 70.2 cm³/mol. The van der Waals surface area contributed by atoms with Crippen molar-refractivity contribution in [2.75, 3.05) is 6.54 Å². The van der Waals surface area contributed by atoms with Gasteiger partial charge in [-0.05, 0) is 63.9 Å². The second-order valence-corrected chi connectivity index (χ2v) is 5.93. The third-order valence-corrected chi connectivity index (χ3v) is 2.78. The van der Waals surface area contributed by atoms with Crippen LogP contribution >= 0.6 is 15.9 Å². The average molecular weight is 288 g/mol. The topological polar surface area (TPSA) is 12.0 Å². The smallest absolute Gasteiger partial charge is 0.126 e. The van der Waals surface area contributed by atoms with E-state index in [9.17, 15) is 4.39 Å². The van der Waals surface area contributed by atoms with Crippen molar-refractivity contribution >= 4 is 15.9 Å². The highest BCUT2D eigenvalue weighted by Gasteiger charge is 2.08. The lowest BCUT2D eigenvalue weighted by atomic mass is 10.1. The van der Waals surface area contributed by atoms with E-state index in [1.165, 1.54) is 6.07 Å². The van der Waals surface area contributed by atoms with Crippen LogP contribution in [0.5, 0.6) is 0 Å². The molecule has 1 aromatic carbocycles. The van der Waals surface area contributed by atoms with Crippen molar-refractivity contribution in [1.29, 1.82) is 0 Å². The van der Waals surface area contributed by atoms with E-state index in [-0.39, 0.29) is 11.4 Å². The Morgan fingerprint density at radius 1 is 1.31 bits per heavy atom. The van der Waals surface area contributed by atoms with Gasteiger partial charge in [0.1, 0.15) is 5.82 Å². The summed E-state index contributed by atoms with van der Waals surface area (Å²) in [4.78, 5) is 0. The second-order valence-electron chi connectivity index (χ2n) is 5.02. The van der Waals surface area contributed by atoms with Gasteiger partial charge in [-0.1, -0.05) is 15.9 Å². The SMILES string of the molecule is CC(C)(C)NCCCc1cc(Br)ccc1F. The molecule has 0 heterocycles. The molecule has 1 rings (SSSR count). The lowest BCUT2D eigenvalue weighted by Gasteiger charge is -2.20. The lowest BCUT2D eigenvalue weighted by molar-refractivity contribution is 0.421. The predicted octanol–water partition coefficient (Wildman–Crippen LogP) is 3.91. The summed E-state index contributed by atoms with van der Waals surface area (Å²) in [5.41, 5.74) is 0.917. The number of hydrogen-bond acceptors (Lipinski definition) is 1. The molecule has 0 amide bonds. The van der Waals surface area contributed by atoms with Crippen LogP contribution in [0.1, 0.15) is 32.8 Å². The summed E-state index contributed by atoms with van der Waals surface area (Å²) in [5.74, 6) is -0.112. The van der Waals surface area contributed by atoms with Crippen LogP contribution in [0, 0.1) is 5.82 Å². The van der Waals surface area contributed by atoms with Gasteiger partial charge in [0, 0.05) is 10.0 Å². The highest BCUT2D eigenvalue weighted by molar-refractivity contribution is 9.10. The molecule has 1 nitrogen and oxygen atoms in total. The van der Waals surface area contributed by atoms with E-state index < -0.39 is 0 Å². The molecule has 0 unspecified atom stereocenters. The quantitative estimate of drug-likeness (QED) is 0.828. The minimum Gasteiger partial charge on any atom is -0.312 e. The Kier molecular flexibility index (Phi) is 4.93. The van der Waals surface area contributed by atoms with Gasteiger partial charge in [0.2, 0.25) is 0 Å². The Balaban J connectivity index is 2.40. The maximum atomic E-state index is 13.4. The first kappa shape index (κ1) is 13.7. The Bertz CT molecular complexity index is 344. The Labute approximate surface area is 106 Å². The molecule has 0 aliphatic heterocycles. The van der Waals surface area contributed by atoms with E-state index in [0.717, 1.165) is 29.4 Å². The van der Waals surface area contributed by atoms with E-state index in [1.54, 1.807) is 6.07 Å². The van der Waals surface area contributed by atoms with E-state index in [4.69, 9.17) is 0 Å². The second kappa shape index (κ2) is 5.78. The molecular weight excluding hydrogens is 269 g/mol. The largest absolute Gasteiger partial charge is 0.312 e. The number of rotatable bonds is 4. The van der Waals surface area contributed by atoms with Crippen molar-refractivity contribution in [1.82, 2.24) is 5.32 Å². The zero-order valence-corrected chi connectivity index (χ0v) is 11.7. The zero-order chi connectivity index (χ0) is 12.2. The maximum absolute atomic E-state index is 13.4. The Morgan fingerprint density at radius 2 is 2.00 bits per heavy atom. The lowest BCUT2D eigenvalue weighted by Crippen LogP contribution is -2.36. The first-order valence-electron chi connectivity index (χ1n) is 5.57. The minimum atomic E-state index is -0.112. The van der Waals surface area contributed by atoms with Gasteiger partial charge in [-0.2, -0.15) is 0 Å². The van der Waals surface area contributed by atoms with Crippen molar-refractivity contribution < 1.29 is 4.39 Å². The monoisotopic (exact) mass is 287 g/mol. The summed E-state index contributed by atoms with van der Waals surface area (Å²) >= 11 is 3.35. The van der Waals surface area contributed by atoms with Crippen molar-refractivity contribution in [3.8, 4) is 0 Å². The summed E-state index contributed by atoms with van der Waals surface area (Å²) in [6.45, 7) is 7.31. The van der Waals surface area contributed by atoms with Crippen LogP contribution in [0.15, 0.2) is 22.7 Å². The molecular formula is C13H19BrFN. The first-order chi connectivity index (χ1) is 7.38. The standard InChI is InChI=1S/C13H19BrFN/c1-13(2,3)16-8-4-5-10-9-11(14)6-7-12(10)15/h6-7,9,16H,4-5,8H2,1-3H3. The van der Waals surface area contributed by atoms with E-state index in [2.05, 4.69) is 42.0 Å². The molecule has 0 aliphatic rings. The normalized spacial score (nSPS) is 11.8. The minimum absolute atomic E-state index is 0.112. The Morgan fingerprint density at radius 3 is 2.62 bits per heavy atom. The van der Waals surface area contributed by atoms with Gasteiger partial charge in [-0.25, -0.2) is 4.39 Å². The van der Waals surface area contributed by atoms with Crippen LogP contribution in [-0.2, 0) is 6.42 Å². The molecule has 3 heteroatoms. The molecule has 0 saturated heterocycles. The highest BCUT2D eigenvalue weighted by atomic mass is 79.9. The van der Waals surface area contributed by atoms with Gasteiger partial charge in [0.05, 0.1) is 0 Å². The van der Waals surface area contributed by atoms with Crippen LogP contribution in [0.3, 0.4) is 0 Å². The first-order valence-corrected chi connectivity index (χ1v) is 6.37. The van der Waals surface area contributed by atoms with Gasteiger partial charge < -0.3 is 5.32 Å². The van der Waals surface area contributed by atoms with Crippen LogP contribution in [-0.4, -0.2) is 12.1 Å². The molecule has 16 heavy (non-hydrogen) atoms. The molecule has 0 radical (unpaired) electrons. The average Bonchev–Trinajstić information content (AvgIpc) is 2.16. The fourth-order valence-corrected chi connectivity index (χ4v) is 1.89. The van der Waals surface area contributed by atoms with E-state index in [1.807, 2.05) is 6.07 Å². The molecule has 90 valence electrons. The van der Waals surface area contributed by atoms with E-state index in [0.29, 0.717) is 0 Å². The fraction of sp³-hybridized carbons (Fsp3) is 0.538. The number of hydrogen-bond donors (Lipinski definition) is 1. The Hall–Kier alpha value is -0.410. The van der Waals surface area contributed by atoms with Gasteiger partial charge in [-0.15, -0.1) is 0 Å². The molecule has 0 bridgehead atoms. The van der Waals surface area contributed by atoms with Crippen LogP contribution in [0.4, 0.5) is 4.39 Å². The number of halogens is 2. The molecule has 0 spiro atoms. The summed E-state index contributed by atoms with van der Waals surface area (Å²) in [5, 5.41) is 3.39. The van der Waals surface area contributed by atoms with E-state index >= 15 is 0 Å². The zero-order valence-electron chi connectivity index (χ0n) is 10.1. The summed E-state index contributed by atoms with van der Waals surface area (Å²) in [6, 6.07) is 5.09. The van der Waals surface area contributed by atoms with Crippen LogP contribution < -0.4 is 5.32 Å². The summed E-state index contributed by atoms with van der Waals surface area (Å²) < 4.78 is 14.3. The maximum Gasteiger partial charge on any atom is 0.126 e. The van der Waals surface area contributed by atoms with Crippen molar-refractivity contribution in [2.45, 2.75) is 39.2 Å². The third kappa shape index (κ3) is 5.08. The number of benzene rings is 1. The molecule has 1 aromatic rings. The third-order valence-electron chi connectivity index (χ3n) is 2.29. The van der Waals surface area contributed by atoms with Crippen molar-refractivity contribution in [3.63, 3.8) is 0 Å². The molecule has 0 aromatic heterocycles. The van der Waals surface area contributed by atoms with Crippen LogP contribution in [0.2, 0.25) is 0 Å². The molecule has 0 aliphatic carbocycles.